The molecular weight excluding hydrogens is 256 g/mol. The second-order valence-electron chi connectivity index (χ2n) is 6.50. The molecule has 0 spiro atoms. The Hall–Kier alpha value is -1.38. The molecule has 2 nitrogen and oxygen atoms in total. The fourth-order valence-corrected chi connectivity index (χ4v) is 3.65. The Labute approximate surface area is 127 Å². The van der Waals surface area contributed by atoms with Crippen LogP contribution in [0.1, 0.15) is 31.9 Å². The number of nitrogens with zero attached hydrogens (tertiary/aromatic N) is 1. The minimum absolute atomic E-state index is 0.456. The molecule has 2 aromatic rings. The SMILES string of the molecule is CC1CCN(C(C)c2cccc3ccccc23)CC1CN. The first kappa shape index (κ1) is 14.6. The summed E-state index contributed by atoms with van der Waals surface area (Å²) in [6.45, 7) is 7.80. The van der Waals surface area contributed by atoms with Gasteiger partial charge in [0.05, 0.1) is 0 Å². The quantitative estimate of drug-likeness (QED) is 0.927. The van der Waals surface area contributed by atoms with Gasteiger partial charge in [0.2, 0.25) is 0 Å². The molecular formula is C19H26N2. The third-order valence-corrected chi connectivity index (χ3v) is 5.27. The maximum Gasteiger partial charge on any atom is 0.0326 e. The van der Waals surface area contributed by atoms with E-state index in [1.807, 2.05) is 0 Å². The number of benzene rings is 2. The van der Waals surface area contributed by atoms with E-state index in [9.17, 15) is 0 Å². The van der Waals surface area contributed by atoms with Gasteiger partial charge in [-0.1, -0.05) is 49.4 Å². The van der Waals surface area contributed by atoms with Gasteiger partial charge in [0.15, 0.2) is 0 Å². The highest BCUT2D eigenvalue weighted by molar-refractivity contribution is 5.86. The minimum Gasteiger partial charge on any atom is -0.330 e. The molecule has 3 atom stereocenters. The molecule has 2 heteroatoms. The van der Waals surface area contributed by atoms with Crippen LogP contribution >= 0.6 is 0 Å². The largest absolute Gasteiger partial charge is 0.330 e. The molecule has 1 aliphatic rings. The lowest BCUT2D eigenvalue weighted by Crippen LogP contribution is -2.43. The normalized spacial score (nSPS) is 25.1. The van der Waals surface area contributed by atoms with Crippen molar-refractivity contribution < 1.29 is 0 Å². The minimum atomic E-state index is 0.456. The van der Waals surface area contributed by atoms with Crippen LogP contribution in [0.2, 0.25) is 0 Å². The van der Waals surface area contributed by atoms with E-state index in [-0.39, 0.29) is 0 Å². The Morgan fingerprint density at radius 1 is 1.19 bits per heavy atom. The molecule has 0 aliphatic carbocycles. The molecule has 1 heterocycles. The molecule has 0 amide bonds. The van der Waals surface area contributed by atoms with Crippen LogP contribution in [0, 0.1) is 11.8 Å². The predicted molar refractivity (Wildman–Crippen MR) is 90.3 cm³/mol. The molecule has 2 N–H and O–H groups in total. The standard InChI is InChI=1S/C19H26N2/c1-14-10-11-21(13-17(14)12-20)15(2)18-9-5-7-16-6-3-4-8-19(16)18/h3-9,14-15,17H,10-13,20H2,1-2H3. The first-order chi connectivity index (χ1) is 10.2. The first-order valence-corrected chi connectivity index (χ1v) is 8.12. The Morgan fingerprint density at radius 3 is 2.76 bits per heavy atom. The van der Waals surface area contributed by atoms with Crippen LogP contribution in [0.5, 0.6) is 0 Å². The summed E-state index contributed by atoms with van der Waals surface area (Å²) < 4.78 is 0. The third kappa shape index (κ3) is 2.83. The molecule has 112 valence electrons. The highest BCUT2D eigenvalue weighted by Gasteiger charge is 2.28. The van der Waals surface area contributed by atoms with Crippen molar-refractivity contribution in [3.63, 3.8) is 0 Å². The molecule has 1 saturated heterocycles. The number of rotatable bonds is 3. The van der Waals surface area contributed by atoms with Crippen LogP contribution in [0.3, 0.4) is 0 Å². The zero-order valence-corrected chi connectivity index (χ0v) is 13.1. The van der Waals surface area contributed by atoms with Gasteiger partial charge in [-0.2, -0.15) is 0 Å². The van der Waals surface area contributed by atoms with Crippen LogP contribution in [0.4, 0.5) is 0 Å². The Bertz CT molecular complexity index is 602. The van der Waals surface area contributed by atoms with E-state index in [1.54, 1.807) is 0 Å². The second kappa shape index (κ2) is 6.17. The molecule has 0 aromatic heterocycles. The summed E-state index contributed by atoms with van der Waals surface area (Å²) in [7, 11) is 0. The molecule has 21 heavy (non-hydrogen) atoms. The Balaban J connectivity index is 1.88. The number of likely N-dealkylation sites (tertiary alicyclic amines) is 1. The predicted octanol–water partition coefficient (Wildman–Crippen LogP) is 3.82. The van der Waals surface area contributed by atoms with Crippen LogP contribution in [-0.4, -0.2) is 24.5 Å². The van der Waals surface area contributed by atoms with E-state index in [2.05, 4.69) is 61.2 Å². The van der Waals surface area contributed by atoms with Gasteiger partial charge in [-0.05, 0) is 54.6 Å². The van der Waals surface area contributed by atoms with Crippen molar-refractivity contribution in [1.29, 1.82) is 0 Å². The number of fused-ring (bicyclic) bond motifs is 1. The fraction of sp³-hybridized carbons (Fsp3) is 0.474. The van der Waals surface area contributed by atoms with Crippen LogP contribution in [-0.2, 0) is 0 Å². The van der Waals surface area contributed by atoms with Gasteiger partial charge in [-0.15, -0.1) is 0 Å². The van der Waals surface area contributed by atoms with E-state index in [1.165, 1.54) is 29.3 Å². The van der Waals surface area contributed by atoms with E-state index in [0.717, 1.165) is 19.0 Å². The summed E-state index contributed by atoms with van der Waals surface area (Å²) >= 11 is 0. The number of nitrogens with two attached hydrogens (primary N) is 1. The van der Waals surface area contributed by atoms with Gasteiger partial charge in [0, 0.05) is 12.6 Å². The Kier molecular flexibility index (Phi) is 4.27. The summed E-state index contributed by atoms with van der Waals surface area (Å²) in [6.07, 6.45) is 1.26. The van der Waals surface area contributed by atoms with Crippen LogP contribution < -0.4 is 5.73 Å². The maximum atomic E-state index is 5.96. The Morgan fingerprint density at radius 2 is 1.95 bits per heavy atom. The summed E-state index contributed by atoms with van der Waals surface area (Å²) in [4.78, 5) is 2.61. The molecule has 0 saturated carbocycles. The van der Waals surface area contributed by atoms with Crippen LogP contribution in [0.25, 0.3) is 10.8 Å². The number of piperidine rings is 1. The highest BCUT2D eigenvalue weighted by atomic mass is 15.2. The summed E-state index contributed by atoms with van der Waals surface area (Å²) in [6, 6.07) is 15.8. The van der Waals surface area contributed by atoms with Crippen molar-refractivity contribution in [3.8, 4) is 0 Å². The summed E-state index contributed by atoms with van der Waals surface area (Å²) in [5.41, 5.74) is 7.40. The summed E-state index contributed by atoms with van der Waals surface area (Å²) in [5.74, 6) is 1.39. The monoisotopic (exact) mass is 282 g/mol. The highest BCUT2D eigenvalue weighted by Crippen LogP contribution is 2.32. The molecule has 1 fully saturated rings. The van der Waals surface area contributed by atoms with Crippen molar-refractivity contribution in [2.24, 2.45) is 17.6 Å². The van der Waals surface area contributed by atoms with Gasteiger partial charge in [0.25, 0.3) is 0 Å². The number of hydrogen-bond acceptors (Lipinski definition) is 2. The van der Waals surface area contributed by atoms with Gasteiger partial charge in [0.1, 0.15) is 0 Å². The fourth-order valence-electron chi connectivity index (χ4n) is 3.65. The average molecular weight is 282 g/mol. The molecule has 0 radical (unpaired) electrons. The van der Waals surface area contributed by atoms with Gasteiger partial charge >= 0.3 is 0 Å². The topological polar surface area (TPSA) is 29.3 Å². The van der Waals surface area contributed by atoms with Crippen molar-refractivity contribution >= 4 is 10.8 Å². The number of hydrogen-bond donors (Lipinski definition) is 1. The second-order valence-corrected chi connectivity index (χ2v) is 6.50. The zero-order valence-electron chi connectivity index (χ0n) is 13.1. The van der Waals surface area contributed by atoms with Crippen molar-refractivity contribution in [3.05, 3.63) is 48.0 Å². The summed E-state index contributed by atoms with van der Waals surface area (Å²) in [5, 5.41) is 2.72. The lowest BCUT2D eigenvalue weighted by atomic mass is 9.85. The molecule has 1 aliphatic heterocycles. The van der Waals surface area contributed by atoms with Crippen molar-refractivity contribution in [1.82, 2.24) is 4.90 Å². The van der Waals surface area contributed by atoms with E-state index >= 15 is 0 Å². The van der Waals surface area contributed by atoms with Crippen LogP contribution in [0.15, 0.2) is 42.5 Å². The lowest BCUT2D eigenvalue weighted by molar-refractivity contribution is 0.0984. The molecule has 3 unspecified atom stereocenters. The first-order valence-electron chi connectivity index (χ1n) is 8.12. The van der Waals surface area contributed by atoms with E-state index in [0.29, 0.717) is 12.0 Å². The third-order valence-electron chi connectivity index (χ3n) is 5.27. The maximum absolute atomic E-state index is 5.96. The van der Waals surface area contributed by atoms with Crippen molar-refractivity contribution in [2.45, 2.75) is 26.3 Å². The average Bonchev–Trinajstić information content (AvgIpc) is 2.54. The van der Waals surface area contributed by atoms with Gasteiger partial charge < -0.3 is 5.73 Å². The lowest BCUT2D eigenvalue weighted by Gasteiger charge is -2.40. The zero-order chi connectivity index (χ0) is 14.8. The van der Waals surface area contributed by atoms with E-state index in [4.69, 9.17) is 5.73 Å². The van der Waals surface area contributed by atoms with Crippen molar-refractivity contribution in [2.75, 3.05) is 19.6 Å². The van der Waals surface area contributed by atoms with Gasteiger partial charge in [-0.3, -0.25) is 4.90 Å². The molecule has 2 aromatic carbocycles. The van der Waals surface area contributed by atoms with E-state index < -0.39 is 0 Å². The van der Waals surface area contributed by atoms with Gasteiger partial charge in [-0.25, -0.2) is 0 Å². The smallest absolute Gasteiger partial charge is 0.0326 e. The molecule has 3 rings (SSSR count). The molecule has 0 bridgehead atoms.